The van der Waals surface area contributed by atoms with Gasteiger partial charge in [0.25, 0.3) is 0 Å². The van der Waals surface area contributed by atoms with Crippen molar-refractivity contribution in [2.24, 2.45) is 0 Å². The van der Waals surface area contributed by atoms with Crippen LogP contribution < -0.4 is 10.2 Å². The third kappa shape index (κ3) is 4.22. The fraction of sp³-hybridized carbons (Fsp3) is 0.0435. The molecule has 0 radical (unpaired) electrons. The Kier molecular flexibility index (Phi) is 5.71. The van der Waals surface area contributed by atoms with Crippen LogP contribution in [-0.4, -0.2) is 5.97 Å². The highest BCUT2D eigenvalue weighted by molar-refractivity contribution is 6.33. The molecular weight excluding hydrogens is 468 g/mol. The zero-order chi connectivity index (χ0) is 23.0. The smallest absolute Gasteiger partial charge is 0.450 e. The average molecular weight is 479 g/mol. The molecule has 0 spiro atoms. The van der Waals surface area contributed by atoms with Crippen LogP contribution in [0.25, 0.3) is 22.1 Å². The number of hydrogen-bond donors (Lipinski definition) is 0. The standard InChI is InChI=1S/C23H11Cl2F3O4/c24-13-5-3-4-12(10-13)22(30)31-14-8-9-16-18(11-14)32-21(23(26,27)28)19(20(16)29)15-6-1-2-7-17(15)25/h1-11H. The lowest BCUT2D eigenvalue weighted by Crippen LogP contribution is -2.16. The molecule has 4 rings (SSSR count). The van der Waals surface area contributed by atoms with Gasteiger partial charge in [0, 0.05) is 21.7 Å². The van der Waals surface area contributed by atoms with Crippen LogP contribution in [0.1, 0.15) is 16.1 Å². The second kappa shape index (κ2) is 8.33. The van der Waals surface area contributed by atoms with Crippen molar-refractivity contribution in [3.63, 3.8) is 0 Å². The first kappa shape index (κ1) is 21.9. The molecule has 0 unspecified atom stereocenters. The Balaban J connectivity index is 1.84. The number of fused-ring (bicyclic) bond motifs is 1. The molecule has 0 amide bonds. The number of benzene rings is 3. The molecule has 32 heavy (non-hydrogen) atoms. The first-order valence-electron chi connectivity index (χ1n) is 9.06. The van der Waals surface area contributed by atoms with Crippen LogP contribution in [0.5, 0.6) is 5.75 Å². The zero-order valence-corrected chi connectivity index (χ0v) is 17.4. The summed E-state index contributed by atoms with van der Waals surface area (Å²) in [6.45, 7) is 0. The molecule has 0 bridgehead atoms. The number of carbonyl (C=O) groups excluding carboxylic acids is 1. The van der Waals surface area contributed by atoms with Gasteiger partial charge in [0.2, 0.25) is 11.2 Å². The van der Waals surface area contributed by atoms with E-state index in [0.29, 0.717) is 5.02 Å². The van der Waals surface area contributed by atoms with E-state index in [4.69, 9.17) is 32.4 Å². The molecule has 0 aliphatic carbocycles. The van der Waals surface area contributed by atoms with Gasteiger partial charge in [-0.3, -0.25) is 4.79 Å². The molecule has 0 atom stereocenters. The van der Waals surface area contributed by atoms with Crippen molar-refractivity contribution >= 4 is 40.1 Å². The summed E-state index contributed by atoms with van der Waals surface area (Å²) in [6, 6.07) is 15.2. The van der Waals surface area contributed by atoms with E-state index < -0.39 is 34.5 Å². The number of carbonyl (C=O) groups is 1. The summed E-state index contributed by atoms with van der Waals surface area (Å²) in [5.41, 5.74) is -1.97. The van der Waals surface area contributed by atoms with E-state index in [1.54, 1.807) is 12.1 Å². The third-order valence-electron chi connectivity index (χ3n) is 4.54. The lowest BCUT2D eigenvalue weighted by Gasteiger charge is -2.14. The molecule has 0 aliphatic rings. The van der Waals surface area contributed by atoms with Gasteiger partial charge in [-0.1, -0.05) is 47.5 Å². The summed E-state index contributed by atoms with van der Waals surface area (Å²) < 4.78 is 51.6. The average Bonchev–Trinajstić information content (AvgIpc) is 2.73. The number of esters is 1. The molecule has 0 aliphatic heterocycles. The monoisotopic (exact) mass is 478 g/mol. The van der Waals surface area contributed by atoms with Crippen molar-refractivity contribution in [2.45, 2.75) is 6.18 Å². The van der Waals surface area contributed by atoms with Gasteiger partial charge in [0.05, 0.1) is 16.5 Å². The summed E-state index contributed by atoms with van der Waals surface area (Å²) in [6.07, 6.45) is -4.98. The minimum atomic E-state index is -4.98. The third-order valence-corrected chi connectivity index (χ3v) is 5.10. The number of rotatable bonds is 3. The number of hydrogen-bond acceptors (Lipinski definition) is 4. The lowest BCUT2D eigenvalue weighted by atomic mass is 10.0. The topological polar surface area (TPSA) is 56.5 Å². The molecule has 1 heterocycles. The second-order valence-electron chi connectivity index (χ2n) is 6.67. The molecule has 3 aromatic carbocycles. The highest BCUT2D eigenvalue weighted by atomic mass is 35.5. The normalized spacial score (nSPS) is 11.5. The van der Waals surface area contributed by atoms with E-state index in [-0.39, 0.29) is 27.3 Å². The van der Waals surface area contributed by atoms with Crippen molar-refractivity contribution in [2.75, 3.05) is 0 Å². The van der Waals surface area contributed by atoms with Crippen LogP contribution in [0.4, 0.5) is 13.2 Å². The summed E-state index contributed by atoms with van der Waals surface area (Å²) in [7, 11) is 0. The Hall–Kier alpha value is -3.29. The molecule has 0 saturated carbocycles. The molecule has 4 aromatic rings. The largest absolute Gasteiger partial charge is 0.450 e. The van der Waals surface area contributed by atoms with Crippen molar-refractivity contribution in [1.29, 1.82) is 0 Å². The zero-order valence-electron chi connectivity index (χ0n) is 15.9. The quantitative estimate of drug-likeness (QED) is 0.235. The van der Waals surface area contributed by atoms with E-state index >= 15 is 0 Å². The van der Waals surface area contributed by atoms with E-state index in [9.17, 15) is 22.8 Å². The summed E-state index contributed by atoms with van der Waals surface area (Å²) in [5.74, 6) is -2.39. The van der Waals surface area contributed by atoms with Crippen molar-refractivity contribution in [1.82, 2.24) is 0 Å². The fourth-order valence-corrected chi connectivity index (χ4v) is 3.55. The van der Waals surface area contributed by atoms with Crippen LogP contribution in [0.3, 0.4) is 0 Å². The molecule has 1 aromatic heterocycles. The Morgan fingerprint density at radius 3 is 2.38 bits per heavy atom. The predicted molar refractivity (Wildman–Crippen MR) is 114 cm³/mol. The number of alkyl halides is 3. The van der Waals surface area contributed by atoms with Gasteiger partial charge in [-0.25, -0.2) is 4.79 Å². The predicted octanol–water partition coefficient (Wildman–Crippen LogP) is 7.00. The second-order valence-corrected chi connectivity index (χ2v) is 7.51. The van der Waals surface area contributed by atoms with E-state index in [2.05, 4.69) is 0 Å². The van der Waals surface area contributed by atoms with Gasteiger partial charge < -0.3 is 9.15 Å². The fourth-order valence-electron chi connectivity index (χ4n) is 3.13. The van der Waals surface area contributed by atoms with Crippen LogP contribution in [0.2, 0.25) is 10.0 Å². The Bertz CT molecular complexity index is 1410. The Labute approximate surface area is 188 Å². The van der Waals surface area contributed by atoms with Gasteiger partial charge in [-0.05, 0) is 36.4 Å². The van der Waals surface area contributed by atoms with E-state index in [1.807, 2.05) is 0 Å². The molecular formula is C23H11Cl2F3O4. The summed E-state index contributed by atoms with van der Waals surface area (Å²) in [5, 5.41) is 0.151. The SMILES string of the molecule is O=C(Oc1ccc2c(=O)c(-c3ccccc3Cl)c(C(F)(F)F)oc2c1)c1cccc(Cl)c1. The molecule has 0 saturated heterocycles. The molecule has 0 fully saturated rings. The molecule has 4 nitrogen and oxygen atoms in total. The van der Waals surface area contributed by atoms with Crippen LogP contribution >= 0.6 is 23.2 Å². The lowest BCUT2D eigenvalue weighted by molar-refractivity contribution is -0.152. The first-order chi connectivity index (χ1) is 15.1. The highest BCUT2D eigenvalue weighted by Gasteiger charge is 2.39. The van der Waals surface area contributed by atoms with E-state index in [0.717, 1.165) is 6.07 Å². The first-order valence-corrected chi connectivity index (χ1v) is 9.81. The van der Waals surface area contributed by atoms with Gasteiger partial charge in [0.1, 0.15) is 11.3 Å². The maximum atomic E-state index is 13.8. The minimum Gasteiger partial charge on any atom is -0.450 e. The molecule has 0 N–H and O–H groups in total. The molecule has 9 heteroatoms. The Morgan fingerprint density at radius 1 is 0.938 bits per heavy atom. The van der Waals surface area contributed by atoms with Crippen LogP contribution in [0, 0.1) is 0 Å². The highest BCUT2D eigenvalue weighted by Crippen LogP contribution is 2.39. The van der Waals surface area contributed by atoms with Crippen molar-refractivity contribution in [3.8, 4) is 16.9 Å². The van der Waals surface area contributed by atoms with Crippen molar-refractivity contribution < 1.29 is 27.1 Å². The maximum absolute atomic E-state index is 13.8. The minimum absolute atomic E-state index is 0.0308. The van der Waals surface area contributed by atoms with Gasteiger partial charge >= 0.3 is 12.1 Å². The van der Waals surface area contributed by atoms with Crippen LogP contribution in [-0.2, 0) is 6.18 Å². The maximum Gasteiger partial charge on any atom is 0.450 e. The van der Waals surface area contributed by atoms with Gasteiger partial charge in [-0.2, -0.15) is 13.2 Å². The van der Waals surface area contributed by atoms with Crippen molar-refractivity contribution in [3.05, 3.63) is 98.3 Å². The van der Waals surface area contributed by atoms with E-state index in [1.165, 1.54) is 48.5 Å². The molecule has 162 valence electrons. The summed E-state index contributed by atoms with van der Waals surface area (Å²) >= 11 is 11.9. The number of ether oxygens (including phenoxy) is 1. The number of halogens is 5. The van der Waals surface area contributed by atoms with Crippen LogP contribution in [0.15, 0.2) is 75.9 Å². The van der Waals surface area contributed by atoms with Gasteiger partial charge in [0.15, 0.2) is 0 Å². The Morgan fingerprint density at radius 2 is 1.69 bits per heavy atom. The summed E-state index contributed by atoms with van der Waals surface area (Å²) in [4.78, 5) is 25.3. The van der Waals surface area contributed by atoms with Gasteiger partial charge in [-0.15, -0.1) is 0 Å².